The molecule has 1 heterocycles. The Balaban J connectivity index is 2.06. The average molecular weight is 324 g/mol. The molecule has 1 saturated heterocycles. The molecule has 0 saturated carbocycles. The zero-order chi connectivity index (χ0) is 17.0. The molecule has 0 aromatic heterocycles. The number of aromatic hydroxyl groups is 1. The molecule has 0 unspecified atom stereocenters. The van der Waals surface area contributed by atoms with E-state index in [1.165, 1.54) is 11.1 Å². The van der Waals surface area contributed by atoms with E-state index < -0.39 is 0 Å². The predicted octanol–water partition coefficient (Wildman–Crippen LogP) is 3.30. The summed E-state index contributed by atoms with van der Waals surface area (Å²) in [5.74, 6) is 0.417. The van der Waals surface area contributed by atoms with Gasteiger partial charge in [-0.2, -0.15) is 0 Å². The summed E-state index contributed by atoms with van der Waals surface area (Å²) in [5, 5.41) is 10.7. The summed E-state index contributed by atoms with van der Waals surface area (Å²) in [7, 11) is 2.17. The molecule has 3 heteroatoms. The maximum Gasteiger partial charge on any atom is 0.119 e. The lowest BCUT2D eigenvalue weighted by Crippen LogP contribution is -2.41. The van der Waals surface area contributed by atoms with E-state index in [4.69, 9.17) is 5.73 Å². The Labute approximate surface area is 145 Å². The topological polar surface area (TPSA) is 49.5 Å². The number of nitrogens with zero attached hydrogens (tertiary/aromatic N) is 1. The Morgan fingerprint density at radius 3 is 2.46 bits per heavy atom. The Bertz CT molecular complexity index is 661. The summed E-state index contributed by atoms with van der Waals surface area (Å²) in [6.45, 7) is 2.79. The molecule has 3 rings (SSSR count). The maximum absolute atomic E-state index is 10.7. The molecular formula is C21H28N2O. The van der Waals surface area contributed by atoms with Crippen LogP contribution in [0.3, 0.4) is 0 Å². The van der Waals surface area contributed by atoms with Crippen molar-refractivity contribution in [3.63, 3.8) is 0 Å². The average Bonchev–Trinajstić information content (AvgIpc) is 2.63. The second-order valence-corrected chi connectivity index (χ2v) is 7.00. The van der Waals surface area contributed by atoms with E-state index in [0.29, 0.717) is 12.3 Å². The standard InChI is InChI=1S/C21H28N2O/c1-23-14-11-21(12-15-23,18-7-3-2-4-8-18)19-16-17(6-5-13-22)9-10-20(19)24/h2-4,7-10,16,24H,5-6,11-15,22H2,1H3. The van der Waals surface area contributed by atoms with E-state index in [0.717, 1.165) is 44.3 Å². The number of phenolic OH excluding ortho intramolecular Hbond substituents is 1. The van der Waals surface area contributed by atoms with Gasteiger partial charge in [0, 0.05) is 11.0 Å². The molecule has 2 aromatic rings. The van der Waals surface area contributed by atoms with Crippen LogP contribution < -0.4 is 5.73 Å². The summed E-state index contributed by atoms with van der Waals surface area (Å²) in [6, 6.07) is 16.8. The lowest BCUT2D eigenvalue weighted by atomic mass is 9.67. The Kier molecular flexibility index (Phi) is 5.22. The number of aryl methyl sites for hydroxylation is 1. The Morgan fingerprint density at radius 2 is 1.79 bits per heavy atom. The monoisotopic (exact) mass is 324 g/mol. The first-order chi connectivity index (χ1) is 11.7. The van der Waals surface area contributed by atoms with Crippen LogP contribution in [0.25, 0.3) is 0 Å². The van der Waals surface area contributed by atoms with Crippen LogP contribution in [0.5, 0.6) is 5.75 Å². The third-order valence-corrected chi connectivity index (χ3v) is 5.41. The van der Waals surface area contributed by atoms with Gasteiger partial charge in [0.15, 0.2) is 0 Å². The first kappa shape index (κ1) is 17.0. The van der Waals surface area contributed by atoms with Crippen LogP contribution in [0.2, 0.25) is 0 Å². The van der Waals surface area contributed by atoms with Crippen molar-refractivity contribution in [2.24, 2.45) is 5.73 Å². The molecule has 3 N–H and O–H groups in total. The van der Waals surface area contributed by atoms with Crippen LogP contribution in [0.15, 0.2) is 48.5 Å². The molecule has 0 bridgehead atoms. The smallest absolute Gasteiger partial charge is 0.119 e. The summed E-state index contributed by atoms with van der Waals surface area (Å²) < 4.78 is 0. The zero-order valence-electron chi connectivity index (χ0n) is 14.5. The van der Waals surface area contributed by atoms with Crippen molar-refractivity contribution in [2.75, 3.05) is 26.7 Å². The highest BCUT2D eigenvalue weighted by atomic mass is 16.3. The first-order valence-corrected chi connectivity index (χ1v) is 8.92. The molecular weight excluding hydrogens is 296 g/mol. The molecule has 1 aliphatic rings. The molecule has 0 radical (unpaired) electrons. The lowest BCUT2D eigenvalue weighted by Gasteiger charge is -2.42. The fourth-order valence-electron chi connectivity index (χ4n) is 3.90. The van der Waals surface area contributed by atoms with Crippen molar-refractivity contribution in [1.29, 1.82) is 0 Å². The highest BCUT2D eigenvalue weighted by Crippen LogP contribution is 2.45. The van der Waals surface area contributed by atoms with Gasteiger partial charge in [-0.05, 0) is 69.6 Å². The van der Waals surface area contributed by atoms with Crippen molar-refractivity contribution in [3.05, 3.63) is 65.2 Å². The van der Waals surface area contributed by atoms with Gasteiger partial charge in [-0.1, -0.05) is 42.5 Å². The Hall–Kier alpha value is -1.84. The summed E-state index contributed by atoms with van der Waals surface area (Å²) >= 11 is 0. The third kappa shape index (κ3) is 3.33. The molecule has 0 amide bonds. The van der Waals surface area contributed by atoms with Gasteiger partial charge in [-0.25, -0.2) is 0 Å². The summed E-state index contributed by atoms with van der Waals surface area (Å²) in [5.41, 5.74) is 9.22. The second kappa shape index (κ2) is 7.37. The second-order valence-electron chi connectivity index (χ2n) is 7.00. The molecule has 0 spiro atoms. The van der Waals surface area contributed by atoms with Gasteiger partial charge in [0.05, 0.1) is 0 Å². The minimum absolute atomic E-state index is 0.101. The normalized spacial score (nSPS) is 17.8. The van der Waals surface area contributed by atoms with Gasteiger partial charge in [0.2, 0.25) is 0 Å². The number of phenols is 1. The van der Waals surface area contributed by atoms with Crippen LogP contribution in [-0.4, -0.2) is 36.7 Å². The highest BCUT2D eigenvalue weighted by Gasteiger charge is 2.38. The van der Waals surface area contributed by atoms with E-state index >= 15 is 0 Å². The van der Waals surface area contributed by atoms with E-state index in [9.17, 15) is 5.11 Å². The van der Waals surface area contributed by atoms with E-state index in [2.05, 4.69) is 48.3 Å². The maximum atomic E-state index is 10.7. The fraction of sp³-hybridized carbons (Fsp3) is 0.429. The molecule has 1 fully saturated rings. The van der Waals surface area contributed by atoms with Gasteiger partial charge >= 0.3 is 0 Å². The van der Waals surface area contributed by atoms with Gasteiger partial charge in [-0.3, -0.25) is 0 Å². The summed E-state index contributed by atoms with van der Waals surface area (Å²) in [6.07, 6.45) is 4.00. The summed E-state index contributed by atoms with van der Waals surface area (Å²) in [4.78, 5) is 2.37. The van der Waals surface area contributed by atoms with Gasteiger partial charge in [0.1, 0.15) is 5.75 Å². The van der Waals surface area contributed by atoms with Gasteiger partial charge in [0.25, 0.3) is 0 Å². The van der Waals surface area contributed by atoms with Crippen molar-refractivity contribution in [2.45, 2.75) is 31.1 Å². The van der Waals surface area contributed by atoms with Crippen molar-refractivity contribution in [3.8, 4) is 5.75 Å². The molecule has 24 heavy (non-hydrogen) atoms. The van der Waals surface area contributed by atoms with Crippen LogP contribution in [0, 0.1) is 0 Å². The number of likely N-dealkylation sites (tertiary alicyclic amines) is 1. The fourth-order valence-corrected chi connectivity index (χ4v) is 3.90. The molecule has 2 aromatic carbocycles. The minimum Gasteiger partial charge on any atom is -0.508 e. The SMILES string of the molecule is CN1CCC(c2ccccc2)(c2cc(CCCN)ccc2O)CC1. The number of hydrogen-bond acceptors (Lipinski definition) is 3. The van der Waals surface area contributed by atoms with Crippen molar-refractivity contribution in [1.82, 2.24) is 4.90 Å². The number of nitrogens with two attached hydrogens (primary N) is 1. The van der Waals surface area contributed by atoms with Crippen molar-refractivity contribution < 1.29 is 5.11 Å². The zero-order valence-corrected chi connectivity index (χ0v) is 14.5. The van der Waals surface area contributed by atoms with Gasteiger partial charge < -0.3 is 15.7 Å². The third-order valence-electron chi connectivity index (χ3n) is 5.41. The molecule has 3 nitrogen and oxygen atoms in total. The number of piperidine rings is 1. The highest BCUT2D eigenvalue weighted by molar-refractivity contribution is 5.49. The van der Waals surface area contributed by atoms with Crippen LogP contribution in [0.4, 0.5) is 0 Å². The minimum atomic E-state index is -0.101. The number of hydrogen-bond donors (Lipinski definition) is 2. The first-order valence-electron chi connectivity index (χ1n) is 8.92. The molecule has 0 aliphatic carbocycles. The number of rotatable bonds is 5. The quantitative estimate of drug-likeness (QED) is 0.887. The van der Waals surface area contributed by atoms with Crippen LogP contribution in [-0.2, 0) is 11.8 Å². The van der Waals surface area contributed by atoms with Gasteiger partial charge in [-0.15, -0.1) is 0 Å². The molecule has 128 valence electrons. The predicted molar refractivity (Wildman–Crippen MR) is 99.4 cm³/mol. The van der Waals surface area contributed by atoms with E-state index in [1.54, 1.807) is 0 Å². The van der Waals surface area contributed by atoms with E-state index in [1.807, 2.05) is 12.1 Å². The Morgan fingerprint density at radius 1 is 1.08 bits per heavy atom. The van der Waals surface area contributed by atoms with Crippen LogP contribution in [0.1, 0.15) is 36.0 Å². The van der Waals surface area contributed by atoms with Crippen molar-refractivity contribution >= 4 is 0 Å². The van der Waals surface area contributed by atoms with E-state index in [-0.39, 0.29) is 5.41 Å². The largest absolute Gasteiger partial charge is 0.508 e. The lowest BCUT2D eigenvalue weighted by molar-refractivity contribution is 0.210. The number of benzene rings is 2. The van der Waals surface area contributed by atoms with Crippen LogP contribution >= 0.6 is 0 Å². The molecule has 1 aliphatic heterocycles. The molecule has 0 atom stereocenters.